The molecule has 0 radical (unpaired) electrons. The summed E-state index contributed by atoms with van der Waals surface area (Å²) < 4.78 is 17.4. The number of aldehydes is 1. The van der Waals surface area contributed by atoms with Crippen LogP contribution >= 0.6 is 0 Å². The number of para-hydroxylation sites is 1. The molecule has 0 saturated carbocycles. The molecule has 0 bridgehead atoms. The number of halogens is 1. The minimum absolute atomic E-state index is 0.0177. The van der Waals surface area contributed by atoms with Crippen molar-refractivity contribution in [3.05, 3.63) is 29.7 Å². The second-order valence-corrected chi connectivity index (χ2v) is 2.57. The first-order chi connectivity index (χ1) is 6.35. The summed E-state index contributed by atoms with van der Waals surface area (Å²) in [7, 11) is 0. The molecule has 0 spiro atoms. The first kappa shape index (κ1) is 7.91. The van der Waals surface area contributed by atoms with Gasteiger partial charge in [-0.3, -0.25) is 4.79 Å². The van der Waals surface area contributed by atoms with Gasteiger partial charge in [0.05, 0.1) is 0 Å². The Hall–Kier alpha value is -1.71. The van der Waals surface area contributed by atoms with E-state index in [1.807, 2.05) is 0 Å². The summed E-state index contributed by atoms with van der Waals surface area (Å²) in [6.45, 7) is -0.609. The molecule has 0 aliphatic carbocycles. The summed E-state index contributed by atoms with van der Waals surface area (Å²) >= 11 is 0. The van der Waals surface area contributed by atoms with Gasteiger partial charge in [-0.1, -0.05) is 12.1 Å². The van der Waals surface area contributed by atoms with Crippen LogP contribution in [0.4, 0.5) is 4.39 Å². The van der Waals surface area contributed by atoms with E-state index in [9.17, 15) is 9.18 Å². The van der Waals surface area contributed by atoms with Crippen LogP contribution in [0.1, 0.15) is 16.2 Å². The van der Waals surface area contributed by atoms with Crippen LogP contribution in [0.25, 0.3) is 11.1 Å². The molecule has 1 aromatic heterocycles. The number of alkyl halides is 1. The largest absolute Gasteiger partial charge is 0.434 e. The predicted octanol–water partition coefficient (Wildman–Crippen LogP) is 2.11. The van der Waals surface area contributed by atoms with Gasteiger partial charge in [0.1, 0.15) is 12.2 Å². The van der Waals surface area contributed by atoms with E-state index >= 15 is 0 Å². The maximum atomic E-state index is 12.4. The van der Waals surface area contributed by atoms with Gasteiger partial charge in [-0.15, -0.1) is 0 Å². The zero-order valence-corrected chi connectivity index (χ0v) is 6.66. The van der Waals surface area contributed by atoms with Crippen molar-refractivity contribution in [1.82, 2.24) is 4.98 Å². The summed E-state index contributed by atoms with van der Waals surface area (Å²) in [5.74, 6) is -0.0177. The zero-order valence-electron chi connectivity index (χ0n) is 6.66. The first-order valence-electron chi connectivity index (χ1n) is 3.74. The Bertz CT molecular complexity index is 450. The highest BCUT2D eigenvalue weighted by Gasteiger charge is 2.07. The fourth-order valence-electron chi connectivity index (χ4n) is 1.18. The molecule has 66 valence electrons. The van der Waals surface area contributed by atoms with Gasteiger partial charge in [-0.05, 0) is 6.07 Å². The zero-order chi connectivity index (χ0) is 9.26. The lowest BCUT2D eigenvalue weighted by atomic mass is 10.2. The topological polar surface area (TPSA) is 43.1 Å². The molecule has 0 amide bonds. The van der Waals surface area contributed by atoms with Crippen molar-refractivity contribution >= 4 is 17.4 Å². The van der Waals surface area contributed by atoms with Gasteiger partial charge in [0.2, 0.25) is 6.29 Å². The quantitative estimate of drug-likeness (QED) is 0.663. The standard InChI is InChI=1S/C9H6FNO2/c10-4-6-2-1-3-7-9(6)11-8(5-12)13-7/h1-3,5H,4H2. The van der Waals surface area contributed by atoms with Crippen LogP contribution in [0.2, 0.25) is 0 Å². The van der Waals surface area contributed by atoms with Crippen LogP contribution in [0.5, 0.6) is 0 Å². The van der Waals surface area contributed by atoms with Crippen molar-refractivity contribution in [2.45, 2.75) is 6.67 Å². The minimum Gasteiger partial charge on any atom is -0.434 e. The summed E-state index contributed by atoms with van der Waals surface area (Å²) in [4.78, 5) is 14.2. The number of oxazole rings is 1. The van der Waals surface area contributed by atoms with Crippen molar-refractivity contribution in [3.63, 3.8) is 0 Å². The number of carbonyl (C=O) groups excluding carboxylic acids is 1. The highest BCUT2D eigenvalue weighted by atomic mass is 19.1. The Morgan fingerprint density at radius 1 is 1.54 bits per heavy atom. The van der Waals surface area contributed by atoms with Crippen LogP contribution in [-0.4, -0.2) is 11.3 Å². The van der Waals surface area contributed by atoms with E-state index in [2.05, 4.69) is 4.98 Å². The minimum atomic E-state index is -0.609. The monoisotopic (exact) mass is 179 g/mol. The Kier molecular flexibility index (Phi) is 1.81. The molecular weight excluding hydrogens is 173 g/mol. The Morgan fingerprint density at radius 3 is 3.08 bits per heavy atom. The molecule has 13 heavy (non-hydrogen) atoms. The molecule has 1 heterocycles. The summed E-state index contributed by atoms with van der Waals surface area (Å²) in [5.41, 5.74) is 1.30. The van der Waals surface area contributed by atoms with Crippen LogP contribution < -0.4 is 0 Å². The van der Waals surface area contributed by atoms with Crippen LogP contribution in [0, 0.1) is 0 Å². The number of rotatable bonds is 2. The molecule has 0 atom stereocenters. The number of benzene rings is 1. The fraction of sp³-hybridized carbons (Fsp3) is 0.111. The smallest absolute Gasteiger partial charge is 0.260 e. The van der Waals surface area contributed by atoms with Gasteiger partial charge in [0, 0.05) is 5.56 Å². The maximum Gasteiger partial charge on any atom is 0.260 e. The van der Waals surface area contributed by atoms with E-state index in [1.54, 1.807) is 18.2 Å². The van der Waals surface area contributed by atoms with Crippen molar-refractivity contribution in [1.29, 1.82) is 0 Å². The Labute approximate surface area is 73.2 Å². The third-order valence-electron chi connectivity index (χ3n) is 1.76. The molecule has 3 nitrogen and oxygen atoms in total. The molecule has 0 fully saturated rings. The Morgan fingerprint density at radius 2 is 2.38 bits per heavy atom. The van der Waals surface area contributed by atoms with Crippen LogP contribution in [-0.2, 0) is 6.67 Å². The van der Waals surface area contributed by atoms with Crippen molar-refractivity contribution < 1.29 is 13.6 Å². The van der Waals surface area contributed by atoms with Gasteiger partial charge in [-0.25, -0.2) is 9.37 Å². The third kappa shape index (κ3) is 1.20. The molecular formula is C9H6FNO2. The van der Waals surface area contributed by atoms with Gasteiger partial charge in [0.25, 0.3) is 5.89 Å². The average Bonchev–Trinajstić information content (AvgIpc) is 2.59. The molecule has 0 aliphatic heterocycles. The lowest BCUT2D eigenvalue weighted by molar-refractivity contribution is 0.109. The van der Waals surface area contributed by atoms with Gasteiger partial charge in [-0.2, -0.15) is 0 Å². The van der Waals surface area contributed by atoms with Crippen LogP contribution in [0.3, 0.4) is 0 Å². The highest BCUT2D eigenvalue weighted by molar-refractivity contribution is 5.81. The third-order valence-corrected chi connectivity index (χ3v) is 1.76. The molecule has 1 aromatic carbocycles. The lowest BCUT2D eigenvalue weighted by Gasteiger charge is -1.91. The molecule has 0 N–H and O–H groups in total. The molecule has 0 unspecified atom stereocenters. The maximum absolute atomic E-state index is 12.4. The van der Waals surface area contributed by atoms with E-state index in [-0.39, 0.29) is 5.89 Å². The molecule has 2 rings (SSSR count). The van der Waals surface area contributed by atoms with Crippen molar-refractivity contribution in [2.24, 2.45) is 0 Å². The summed E-state index contributed by atoms with van der Waals surface area (Å²) in [6, 6.07) is 4.92. The molecule has 0 saturated heterocycles. The number of aromatic nitrogens is 1. The van der Waals surface area contributed by atoms with E-state index in [4.69, 9.17) is 4.42 Å². The van der Waals surface area contributed by atoms with Gasteiger partial charge >= 0.3 is 0 Å². The molecule has 0 aliphatic rings. The summed E-state index contributed by atoms with van der Waals surface area (Å²) in [6.07, 6.45) is 0.502. The average molecular weight is 179 g/mol. The van der Waals surface area contributed by atoms with E-state index in [1.165, 1.54) is 0 Å². The number of hydrogen-bond donors (Lipinski definition) is 0. The predicted molar refractivity (Wildman–Crippen MR) is 44.2 cm³/mol. The second kappa shape index (κ2) is 2.97. The van der Waals surface area contributed by atoms with Crippen molar-refractivity contribution in [2.75, 3.05) is 0 Å². The van der Waals surface area contributed by atoms with Crippen molar-refractivity contribution in [3.8, 4) is 0 Å². The van der Waals surface area contributed by atoms with Gasteiger partial charge < -0.3 is 4.42 Å². The summed E-state index contributed by atoms with van der Waals surface area (Å²) in [5, 5.41) is 0. The van der Waals surface area contributed by atoms with Crippen LogP contribution in [0.15, 0.2) is 22.6 Å². The number of hydrogen-bond acceptors (Lipinski definition) is 3. The molecule has 4 heteroatoms. The van der Waals surface area contributed by atoms with Gasteiger partial charge in [0.15, 0.2) is 5.58 Å². The number of carbonyl (C=O) groups is 1. The number of fused-ring (bicyclic) bond motifs is 1. The number of nitrogens with zero attached hydrogens (tertiary/aromatic N) is 1. The van der Waals surface area contributed by atoms with E-state index in [0.717, 1.165) is 0 Å². The Balaban J connectivity index is 2.74. The first-order valence-corrected chi connectivity index (χ1v) is 3.74. The fourth-order valence-corrected chi connectivity index (χ4v) is 1.18. The van der Waals surface area contributed by atoms with E-state index in [0.29, 0.717) is 22.9 Å². The van der Waals surface area contributed by atoms with E-state index < -0.39 is 6.67 Å². The second-order valence-electron chi connectivity index (χ2n) is 2.57. The SMILES string of the molecule is O=Cc1nc2c(CF)cccc2o1. The highest BCUT2D eigenvalue weighted by Crippen LogP contribution is 2.19. The molecule has 2 aromatic rings. The lowest BCUT2D eigenvalue weighted by Crippen LogP contribution is -1.81. The normalized spacial score (nSPS) is 10.5.